The topological polar surface area (TPSA) is 104 Å². The van der Waals surface area contributed by atoms with Gasteiger partial charge in [0, 0.05) is 18.9 Å². The molecule has 3 rings (SSSR count). The summed E-state index contributed by atoms with van der Waals surface area (Å²) in [6.07, 6.45) is 3.26. The molecule has 1 fully saturated rings. The highest BCUT2D eigenvalue weighted by Crippen LogP contribution is 2.38. The lowest BCUT2D eigenvalue weighted by molar-refractivity contribution is -0.120. The van der Waals surface area contributed by atoms with Gasteiger partial charge in [0.1, 0.15) is 5.76 Å². The Morgan fingerprint density at radius 3 is 2.61 bits per heavy atom. The number of carbonyl (C=O) groups excluding carboxylic acids is 2. The van der Waals surface area contributed by atoms with E-state index in [1.165, 1.54) is 13.3 Å². The van der Waals surface area contributed by atoms with Crippen LogP contribution in [0, 0.1) is 6.92 Å². The molecule has 1 aromatic heterocycles. The predicted molar refractivity (Wildman–Crippen MR) is 104 cm³/mol. The van der Waals surface area contributed by atoms with E-state index in [0.29, 0.717) is 31.6 Å². The molecule has 1 aromatic carbocycles. The highest BCUT2D eigenvalue weighted by atomic mass is 16.3. The number of benzene rings is 1. The van der Waals surface area contributed by atoms with E-state index in [1.54, 1.807) is 6.92 Å². The van der Waals surface area contributed by atoms with Crippen molar-refractivity contribution < 1.29 is 19.1 Å². The van der Waals surface area contributed by atoms with E-state index in [-0.39, 0.29) is 29.0 Å². The molecule has 7 heteroatoms. The molecule has 1 heterocycles. The third-order valence-electron chi connectivity index (χ3n) is 5.64. The van der Waals surface area contributed by atoms with E-state index in [2.05, 4.69) is 27.8 Å². The zero-order chi connectivity index (χ0) is 20.1. The number of oxazole rings is 1. The van der Waals surface area contributed by atoms with E-state index in [1.807, 2.05) is 18.2 Å². The molecule has 1 aliphatic rings. The molecule has 0 bridgehead atoms. The number of aryl methyl sites for hydroxylation is 1. The van der Waals surface area contributed by atoms with Crippen molar-refractivity contribution in [3.8, 4) is 0 Å². The molecule has 0 spiro atoms. The lowest BCUT2D eigenvalue weighted by Crippen LogP contribution is -2.42. The van der Waals surface area contributed by atoms with Crippen molar-refractivity contribution in [3.05, 3.63) is 53.7 Å². The van der Waals surface area contributed by atoms with Crippen LogP contribution in [0.5, 0.6) is 0 Å². The molecule has 0 saturated heterocycles. The Morgan fingerprint density at radius 2 is 1.96 bits per heavy atom. The Morgan fingerprint density at radius 1 is 1.25 bits per heavy atom. The molecule has 2 aromatic rings. The Kier molecular flexibility index (Phi) is 6.14. The summed E-state index contributed by atoms with van der Waals surface area (Å²) in [5, 5.41) is 16.4. The van der Waals surface area contributed by atoms with Crippen LogP contribution < -0.4 is 10.6 Å². The molecule has 7 nitrogen and oxygen atoms in total. The summed E-state index contributed by atoms with van der Waals surface area (Å²) in [5.74, 6) is 0.0594. The number of aliphatic hydroxyl groups excluding tert-OH is 1. The van der Waals surface area contributed by atoms with Gasteiger partial charge in [-0.05, 0) is 38.2 Å². The van der Waals surface area contributed by atoms with Crippen LogP contribution in [0.1, 0.15) is 54.4 Å². The lowest BCUT2D eigenvalue weighted by Gasteiger charge is -2.34. The van der Waals surface area contributed by atoms with Gasteiger partial charge in [0.2, 0.25) is 5.91 Å². The molecule has 1 aliphatic carbocycles. The molecule has 1 saturated carbocycles. The summed E-state index contributed by atoms with van der Waals surface area (Å²) in [4.78, 5) is 28.0. The molecule has 2 amide bonds. The van der Waals surface area contributed by atoms with Crippen molar-refractivity contribution in [2.75, 3.05) is 6.54 Å². The second-order valence-electron chi connectivity index (χ2n) is 7.54. The average Bonchev–Trinajstić information content (AvgIpc) is 3.05. The smallest absolute Gasteiger partial charge is 0.273 e. The van der Waals surface area contributed by atoms with Crippen LogP contribution in [-0.4, -0.2) is 40.6 Å². The second-order valence-corrected chi connectivity index (χ2v) is 7.54. The number of nitrogens with one attached hydrogen (secondary N) is 2. The van der Waals surface area contributed by atoms with Crippen LogP contribution in [0.25, 0.3) is 0 Å². The summed E-state index contributed by atoms with van der Waals surface area (Å²) in [7, 11) is 0. The number of amides is 2. The average molecular weight is 385 g/mol. The fourth-order valence-electron chi connectivity index (χ4n) is 4.02. The fraction of sp³-hybridized carbons (Fsp3) is 0.476. The van der Waals surface area contributed by atoms with E-state index in [0.717, 1.165) is 12.0 Å². The first kappa shape index (κ1) is 20.1. The minimum Gasteiger partial charge on any atom is -0.448 e. The van der Waals surface area contributed by atoms with E-state index >= 15 is 0 Å². The van der Waals surface area contributed by atoms with Crippen molar-refractivity contribution in [1.29, 1.82) is 0 Å². The van der Waals surface area contributed by atoms with Crippen molar-refractivity contribution in [2.45, 2.75) is 57.1 Å². The minimum absolute atomic E-state index is 0.147. The first-order valence-electron chi connectivity index (χ1n) is 9.60. The predicted octanol–water partition coefficient (Wildman–Crippen LogP) is 2.09. The summed E-state index contributed by atoms with van der Waals surface area (Å²) in [6, 6.07) is 9.74. The normalized spacial score (nSPS) is 25.0. The van der Waals surface area contributed by atoms with Gasteiger partial charge in [0.15, 0.2) is 12.1 Å². The van der Waals surface area contributed by atoms with Crippen LogP contribution in [0.15, 0.2) is 41.1 Å². The second kappa shape index (κ2) is 8.56. The van der Waals surface area contributed by atoms with Crippen molar-refractivity contribution >= 4 is 11.8 Å². The van der Waals surface area contributed by atoms with Crippen LogP contribution in [-0.2, 0) is 10.2 Å². The number of nitrogens with zero attached hydrogens (tertiary/aromatic N) is 1. The van der Waals surface area contributed by atoms with Crippen molar-refractivity contribution in [2.24, 2.45) is 0 Å². The molecule has 0 unspecified atom stereocenters. The SMILES string of the molecule is CC(=O)N[C@H]1CC[C@](CNC(=O)c2ncoc2C)(c2ccccc2)CC[C@@H]1O. The number of carbonyl (C=O) groups is 2. The first-order valence-corrected chi connectivity index (χ1v) is 9.60. The summed E-state index contributed by atoms with van der Waals surface area (Å²) >= 11 is 0. The third-order valence-corrected chi connectivity index (χ3v) is 5.64. The molecule has 0 radical (unpaired) electrons. The highest BCUT2D eigenvalue weighted by molar-refractivity contribution is 5.93. The molecular weight excluding hydrogens is 358 g/mol. The zero-order valence-corrected chi connectivity index (χ0v) is 16.3. The molecule has 150 valence electrons. The fourth-order valence-corrected chi connectivity index (χ4v) is 4.02. The van der Waals surface area contributed by atoms with Gasteiger partial charge in [0.25, 0.3) is 5.91 Å². The van der Waals surface area contributed by atoms with Gasteiger partial charge in [-0.2, -0.15) is 0 Å². The maximum Gasteiger partial charge on any atom is 0.273 e. The number of hydrogen-bond acceptors (Lipinski definition) is 5. The summed E-state index contributed by atoms with van der Waals surface area (Å²) < 4.78 is 5.13. The highest BCUT2D eigenvalue weighted by Gasteiger charge is 2.38. The van der Waals surface area contributed by atoms with Gasteiger partial charge >= 0.3 is 0 Å². The van der Waals surface area contributed by atoms with Gasteiger partial charge in [-0.15, -0.1) is 0 Å². The van der Waals surface area contributed by atoms with Crippen LogP contribution in [0.4, 0.5) is 0 Å². The lowest BCUT2D eigenvalue weighted by atomic mass is 9.74. The molecule has 0 aliphatic heterocycles. The van der Waals surface area contributed by atoms with Crippen molar-refractivity contribution in [1.82, 2.24) is 15.6 Å². The van der Waals surface area contributed by atoms with E-state index in [9.17, 15) is 14.7 Å². The van der Waals surface area contributed by atoms with Gasteiger partial charge in [0.05, 0.1) is 12.1 Å². The quantitative estimate of drug-likeness (QED) is 0.684. The largest absolute Gasteiger partial charge is 0.448 e. The van der Waals surface area contributed by atoms with Crippen LogP contribution in [0.2, 0.25) is 0 Å². The van der Waals surface area contributed by atoms with Gasteiger partial charge in [-0.1, -0.05) is 30.3 Å². The van der Waals surface area contributed by atoms with E-state index < -0.39 is 6.10 Å². The van der Waals surface area contributed by atoms with Crippen LogP contribution >= 0.6 is 0 Å². The number of hydrogen-bond donors (Lipinski definition) is 3. The van der Waals surface area contributed by atoms with Crippen LogP contribution in [0.3, 0.4) is 0 Å². The zero-order valence-electron chi connectivity index (χ0n) is 16.3. The summed E-state index contributed by atoms with van der Waals surface area (Å²) in [5.41, 5.74) is 1.07. The Hall–Kier alpha value is -2.67. The van der Waals surface area contributed by atoms with Gasteiger partial charge in [-0.3, -0.25) is 9.59 Å². The number of aromatic nitrogens is 1. The maximum absolute atomic E-state index is 12.6. The molecule has 28 heavy (non-hydrogen) atoms. The standard InChI is InChI=1S/C21H27N3O4/c1-14-19(23-13-28-14)20(27)22-12-21(16-6-4-3-5-7-16)10-8-17(24-15(2)25)18(26)9-11-21/h3-7,13,17-18,26H,8-12H2,1-2H3,(H,22,27)(H,24,25)/t17-,18-,21-/m0/s1. The monoisotopic (exact) mass is 385 g/mol. The maximum atomic E-state index is 12.6. The Balaban J connectivity index is 1.82. The van der Waals surface area contributed by atoms with Gasteiger partial charge in [-0.25, -0.2) is 4.98 Å². The Labute approximate surface area is 164 Å². The van der Waals surface area contributed by atoms with Gasteiger partial charge < -0.3 is 20.2 Å². The minimum atomic E-state index is -0.608. The molecule has 3 N–H and O–H groups in total. The van der Waals surface area contributed by atoms with Crippen molar-refractivity contribution in [3.63, 3.8) is 0 Å². The Bertz CT molecular complexity index is 820. The third kappa shape index (κ3) is 4.42. The van der Waals surface area contributed by atoms with E-state index in [4.69, 9.17) is 4.42 Å². The summed E-state index contributed by atoms with van der Waals surface area (Å²) in [6.45, 7) is 3.58. The first-order chi connectivity index (χ1) is 13.4. The molecular formula is C21H27N3O4. The number of rotatable bonds is 5. The number of aliphatic hydroxyl groups is 1. The molecule has 3 atom stereocenters.